The largest absolute Gasteiger partial charge is 0.208 e. The molecule has 141 heavy (non-hydrogen) atoms. The smallest absolute Gasteiger partial charge is 0.164 e. The third-order valence-corrected chi connectivity index (χ3v) is 29.7. The van der Waals surface area contributed by atoms with E-state index in [4.69, 9.17) is 44.9 Å². The van der Waals surface area contributed by atoms with Gasteiger partial charge in [0.1, 0.15) is 0 Å². The maximum atomic E-state index is 5.15. The highest BCUT2D eigenvalue weighted by Crippen LogP contribution is 2.48. The van der Waals surface area contributed by atoms with Crippen LogP contribution in [0.5, 0.6) is 0 Å². The van der Waals surface area contributed by atoms with E-state index < -0.39 is 0 Å². The van der Waals surface area contributed by atoms with Gasteiger partial charge in [-0.1, -0.05) is 425 Å². The van der Waals surface area contributed by atoms with Gasteiger partial charge in [-0.2, -0.15) is 0 Å². The molecule has 0 saturated heterocycles. The SMILES string of the molecule is c1ccc(-c2ccc(-c3nc(-c4ccccc4)nc(-c4ccc(-c5ccc6sc7ccccc7c6c5)c5ccccc45)n3)cc2)cc1.c1ccc(-c2ccc(-c3nc(-c4ccccc4)nc(-c4ccc(-c5cccc6sc7ccccc7c56)c5ccccc45)n3)cc2)cc1.c1ccc(-c2cccc(-c3nc(-c4ccccc4)nc(-c4ccc(-c5cccc6sc7ccccc7c56)c5ccccc45)n3)c2)cc1. The van der Waals surface area contributed by atoms with Crippen molar-refractivity contribution in [2.75, 3.05) is 0 Å². The third kappa shape index (κ3) is 16.6. The van der Waals surface area contributed by atoms with Crippen LogP contribution in [0.25, 0.3) is 262 Å². The second kappa shape index (κ2) is 37.3. The van der Waals surface area contributed by atoms with Gasteiger partial charge >= 0.3 is 0 Å². The van der Waals surface area contributed by atoms with Crippen molar-refractivity contribution in [2.24, 2.45) is 0 Å². The zero-order valence-electron chi connectivity index (χ0n) is 76.0. The molecule has 27 rings (SSSR count). The molecular formula is C129H81N9S3. The highest BCUT2D eigenvalue weighted by atomic mass is 32.1. The van der Waals surface area contributed by atoms with Crippen LogP contribution in [0.3, 0.4) is 0 Å². The average Bonchev–Trinajstić information content (AvgIpc) is 1.69. The Balaban J connectivity index is 0.000000111. The summed E-state index contributed by atoms with van der Waals surface area (Å²) >= 11 is 5.54. The Kier molecular flexibility index (Phi) is 22.4. The van der Waals surface area contributed by atoms with Gasteiger partial charge in [0.05, 0.1) is 0 Å². The highest BCUT2D eigenvalue weighted by molar-refractivity contribution is 7.26. The summed E-state index contributed by atoms with van der Waals surface area (Å²) in [4.78, 5) is 45.6. The summed E-state index contributed by atoms with van der Waals surface area (Å²) in [5, 5.41) is 14.6. The molecule has 6 aromatic heterocycles. The Morgan fingerprint density at radius 1 is 0.106 bits per heavy atom. The van der Waals surface area contributed by atoms with Crippen LogP contribution in [0.1, 0.15) is 0 Å². The van der Waals surface area contributed by atoms with Crippen LogP contribution < -0.4 is 0 Å². The number of nitrogens with zero attached hydrogens (tertiary/aromatic N) is 9. The van der Waals surface area contributed by atoms with Crippen molar-refractivity contribution in [1.82, 2.24) is 44.9 Å². The molecule has 0 saturated carbocycles. The van der Waals surface area contributed by atoms with Crippen molar-refractivity contribution in [2.45, 2.75) is 0 Å². The molecule has 9 nitrogen and oxygen atoms in total. The first kappa shape index (κ1) is 84.8. The first-order valence-electron chi connectivity index (χ1n) is 47.1. The van der Waals surface area contributed by atoms with E-state index in [1.807, 2.05) is 119 Å². The first-order valence-corrected chi connectivity index (χ1v) is 49.5. The van der Waals surface area contributed by atoms with Crippen LogP contribution in [-0.4, -0.2) is 44.9 Å². The molecule has 0 amide bonds. The van der Waals surface area contributed by atoms with Gasteiger partial charge in [-0.25, -0.2) is 44.9 Å². The van der Waals surface area contributed by atoms with Crippen molar-refractivity contribution in [3.8, 4) is 169 Å². The summed E-state index contributed by atoms with van der Waals surface area (Å²) in [5.74, 6) is 5.87. The molecule has 0 aliphatic rings. The van der Waals surface area contributed by atoms with Crippen LogP contribution in [-0.2, 0) is 0 Å². The molecule has 0 aliphatic carbocycles. The fraction of sp³-hybridized carbons (Fsp3) is 0. The van der Waals surface area contributed by atoms with E-state index in [-0.39, 0.29) is 0 Å². The molecule has 0 unspecified atom stereocenters. The molecule has 6 heterocycles. The van der Waals surface area contributed by atoms with Crippen molar-refractivity contribution in [3.63, 3.8) is 0 Å². The molecule has 0 bridgehead atoms. The number of thiophene rings is 3. The Morgan fingerprint density at radius 2 is 0.333 bits per heavy atom. The summed E-state index contributed by atoms with van der Waals surface area (Å²) in [5.41, 5.74) is 22.9. The lowest BCUT2D eigenvalue weighted by Gasteiger charge is -2.14. The number of hydrogen-bond donors (Lipinski definition) is 0. The van der Waals surface area contributed by atoms with Gasteiger partial charge in [0, 0.05) is 111 Å². The summed E-state index contributed by atoms with van der Waals surface area (Å²) in [7, 11) is 0. The third-order valence-electron chi connectivity index (χ3n) is 26.3. The van der Waals surface area contributed by atoms with Gasteiger partial charge < -0.3 is 0 Å². The maximum absolute atomic E-state index is 5.15. The van der Waals surface area contributed by atoms with E-state index in [9.17, 15) is 0 Å². The minimum Gasteiger partial charge on any atom is -0.208 e. The average molecular weight is 1850 g/mol. The van der Waals surface area contributed by atoms with Gasteiger partial charge in [-0.3, -0.25) is 0 Å². The normalized spacial score (nSPS) is 11.4. The predicted octanol–water partition coefficient (Wildman–Crippen LogP) is 35.2. The minimum atomic E-state index is 0.648. The van der Waals surface area contributed by atoms with Crippen LogP contribution in [0.4, 0.5) is 0 Å². The molecule has 0 spiro atoms. The molecule has 0 N–H and O–H groups in total. The lowest BCUT2D eigenvalue weighted by Crippen LogP contribution is -2.01. The van der Waals surface area contributed by atoms with Gasteiger partial charge in [-0.15, -0.1) is 34.0 Å². The zero-order chi connectivity index (χ0) is 93.5. The van der Waals surface area contributed by atoms with E-state index in [1.54, 1.807) is 0 Å². The monoisotopic (exact) mass is 1850 g/mol. The second-order valence-electron chi connectivity index (χ2n) is 34.8. The molecule has 27 aromatic rings. The molecule has 660 valence electrons. The van der Waals surface area contributed by atoms with E-state index in [0.29, 0.717) is 52.4 Å². The minimum absolute atomic E-state index is 0.648. The standard InChI is InChI=1S/3C43H27N3S/c1-3-13-28(14-4-1)30-17-11-18-31(27-30)42-44-41(29-15-5-2-6-16-29)45-43(46-42)36-26-25-34(32-19-7-8-20-33(32)36)35-22-12-24-39-40(35)37-21-9-10-23-38(37)47-39;1-3-12-28(13-4-1)29-22-24-31(25-23-29)42-44-41(30-14-5-2-6-15-30)45-43(46-42)36-27-26-34(32-16-7-8-17-33(32)36)35-19-11-21-39-40(35)37-18-9-10-20-38(37)47-39;1-3-11-28(12-4-1)29-19-21-31(22-20-29)42-44-41(30-13-5-2-6-14-30)45-43(46-42)37-25-24-33(34-15-7-8-16-35(34)37)32-23-26-40-38(27-32)36-17-9-10-18-39(36)47-40/h3*1-27H. The lowest BCUT2D eigenvalue weighted by atomic mass is 9.92. The van der Waals surface area contributed by atoms with Crippen LogP contribution in [0.15, 0.2) is 491 Å². The second-order valence-corrected chi connectivity index (χ2v) is 38.1. The fourth-order valence-corrected chi connectivity index (χ4v) is 22.8. The molecule has 21 aromatic carbocycles. The van der Waals surface area contributed by atoms with E-state index in [0.717, 1.165) is 88.5 Å². The maximum Gasteiger partial charge on any atom is 0.164 e. The zero-order valence-corrected chi connectivity index (χ0v) is 78.5. The Labute approximate surface area is 825 Å². The Morgan fingerprint density at radius 3 is 0.723 bits per heavy atom. The first-order chi connectivity index (χ1) is 69.9. The van der Waals surface area contributed by atoms with Crippen molar-refractivity contribution in [1.29, 1.82) is 0 Å². The lowest BCUT2D eigenvalue weighted by molar-refractivity contribution is 1.08. The Bertz CT molecular complexity index is 9410. The molecular weight excluding hydrogens is 1770 g/mol. The number of aromatic nitrogens is 9. The fourth-order valence-electron chi connectivity index (χ4n) is 19.5. The molecule has 0 radical (unpaired) electrons. The van der Waals surface area contributed by atoms with Crippen molar-refractivity contribution >= 4 is 127 Å². The van der Waals surface area contributed by atoms with Gasteiger partial charge in [0.25, 0.3) is 0 Å². The highest BCUT2D eigenvalue weighted by Gasteiger charge is 2.25. The number of rotatable bonds is 15. The van der Waals surface area contributed by atoms with Crippen LogP contribution in [0.2, 0.25) is 0 Å². The predicted molar refractivity (Wildman–Crippen MR) is 592 cm³/mol. The number of hydrogen-bond acceptors (Lipinski definition) is 12. The Hall–Kier alpha value is -17.9. The van der Waals surface area contributed by atoms with E-state index >= 15 is 0 Å². The quantitative estimate of drug-likeness (QED) is 0.0989. The van der Waals surface area contributed by atoms with E-state index in [1.165, 1.54) is 121 Å². The molecule has 0 atom stereocenters. The topological polar surface area (TPSA) is 116 Å². The number of benzene rings is 21. The van der Waals surface area contributed by atoms with Crippen LogP contribution >= 0.6 is 34.0 Å². The summed E-state index contributed by atoms with van der Waals surface area (Å²) < 4.78 is 7.82. The molecule has 0 fully saturated rings. The number of fused-ring (bicyclic) bond motifs is 12. The van der Waals surface area contributed by atoms with Crippen molar-refractivity contribution < 1.29 is 0 Å². The van der Waals surface area contributed by atoms with Gasteiger partial charge in [0.2, 0.25) is 0 Å². The molecule has 0 aliphatic heterocycles. The summed E-state index contributed by atoms with van der Waals surface area (Å²) in [6.07, 6.45) is 0. The summed E-state index contributed by atoms with van der Waals surface area (Å²) in [6.45, 7) is 0. The van der Waals surface area contributed by atoms with Crippen LogP contribution in [0, 0.1) is 0 Å². The van der Waals surface area contributed by atoms with Crippen molar-refractivity contribution in [3.05, 3.63) is 491 Å². The van der Waals surface area contributed by atoms with E-state index in [2.05, 4.69) is 406 Å². The van der Waals surface area contributed by atoms with Gasteiger partial charge in [0.15, 0.2) is 52.4 Å². The van der Waals surface area contributed by atoms with Gasteiger partial charge in [-0.05, 0) is 166 Å². The summed E-state index contributed by atoms with van der Waals surface area (Å²) in [6, 6.07) is 172. The molecule has 12 heteroatoms.